The molecule has 1 atom stereocenters. The van der Waals surface area contributed by atoms with Crippen molar-refractivity contribution >= 4 is 39.2 Å². The minimum atomic E-state index is -0.446. The lowest BCUT2D eigenvalue weighted by molar-refractivity contribution is 0.0531. The van der Waals surface area contributed by atoms with Crippen molar-refractivity contribution in [3.8, 4) is 11.5 Å². The summed E-state index contributed by atoms with van der Waals surface area (Å²) in [5.74, 6) is 1.51. The second-order valence-electron chi connectivity index (χ2n) is 7.30. The summed E-state index contributed by atoms with van der Waals surface area (Å²) in [6.07, 6.45) is -0.402. The van der Waals surface area contributed by atoms with Crippen LogP contribution in [-0.4, -0.2) is 33.9 Å². The smallest absolute Gasteiger partial charge is 0.348 e. The lowest BCUT2D eigenvalue weighted by atomic mass is 10.1. The van der Waals surface area contributed by atoms with Crippen LogP contribution in [0.15, 0.2) is 47.6 Å². The van der Waals surface area contributed by atoms with E-state index in [9.17, 15) is 9.18 Å². The van der Waals surface area contributed by atoms with Crippen LogP contribution in [0.3, 0.4) is 0 Å². The predicted molar refractivity (Wildman–Crippen MR) is 124 cm³/mol. The molecule has 7 nitrogen and oxygen atoms in total. The van der Waals surface area contributed by atoms with E-state index < -0.39 is 12.1 Å². The molecule has 10 heteroatoms. The van der Waals surface area contributed by atoms with E-state index in [0.29, 0.717) is 55.4 Å². The van der Waals surface area contributed by atoms with Gasteiger partial charge in [-0.1, -0.05) is 30.0 Å². The molecular weight excluding hydrogens is 465 g/mol. The molecule has 0 fully saturated rings. The van der Waals surface area contributed by atoms with Crippen LogP contribution < -0.4 is 9.47 Å². The molecule has 1 aliphatic rings. The van der Waals surface area contributed by atoms with Gasteiger partial charge in [-0.3, -0.25) is 0 Å². The highest BCUT2D eigenvalue weighted by Gasteiger charge is 2.28. The fourth-order valence-corrected chi connectivity index (χ4v) is 5.85. The highest BCUT2D eigenvalue weighted by atomic mass is 32.2. The van der Waals surface area contributed by atoms with Crippen LogP contribution in [0.5, 0.6) is 11.5 Å². The zero-order valence-corrected chi connectivity index (χ0v) is 19.5. The van der Waals surface area contributed by atoms with Gasteiger partial charge in [0.15, 0.2) is 28.6 Å². The van der Waals surface area contributed by atoms with Gasteiger partial charge in [-0.05, 0) is 36.8 Å². The number of rotatable bonds is 6. The summed E-state index contributed by atoms with van der Waals surface area (Å²) in [6, 6.07) is 12.3. The number of thiophene rings is 1. The van der Waals surface area contributed by atoms with Gasteiger partial charge in [0, 0.05) is 22.9 Å². The number of halogens is 1. The standard InChI is InChI=1S/C23H20FN3O4S2/c1-3-29-22(28)20-13(19-14(24)7-6-10-18(19)33-20)12-32-23-26-25-21(27(23)2)17-11-30-15-8-4-5-9-16(15)31-17/h4-10,17H,3,11-12H2,1-2H3. The van der Waals surface area contributed by atoms with Crippen LogP contribution in [-0.2, 0) is 17.5 Å². The lowest BCUT2D eigenvalue weighted by Crippen LogP contribution is -2.24. The molecular formula is C23H20FN3O4S2. The van der Waals surface area contributed by atoms with Crippen LogP contribution >= 0.6 is 23.1 Å². The molecule has 0 spiro atoms. The first-order valence-electron chi connectivity index (χ1n) is 10.3. The van der Waals surface area contributed by atoms with Crippen LogP contribution in [0.4, 0.5) is 4.39 Å². The number of thioether (sulfide) groups is 1. The molecule has 5 rings (SSSR count). The topological polar surface area (TPSA) is 75.5 Å². The van der Waals surface area contributed by atoms with E-state index in [1.807, 2.05) is 35.9 Å². The fraction of sp³-hybridized carbons (Fsp3) is 0.261. The van der Waals surface area contributed by atoms with Gasteiger partial charge in [0.1, 0.15) is 17.3 Å². The van der Waals surface area contributed by atoms with Crippen molar-refractivity contribution in [2.24, 2.45) is 7.05 Å². The summed E-state index contributed by atoms with van der Waals surface area (Å²) in [4.78, 5) is 12.9. The van der Waals surface area contributed by atoms with Crippen LogP contribution in [0.1, 0.15) is 34.1 Å². The maximum Gasteiger partial charge on any atom is 0.348 e. The molecule has 1 unspecified atom stereocenters. The summed E-state index contributed by atoms with van der Waals surface area (Å²) >= 11 is 2.61. The van der Waals surface area contributed by atoms with E-state index in [-0.39, 0.29) is 12.4 Å². The van der Waals surface area contributed by atoms with Crippen LogP contribution in [0, 0.1) is 5.82 Å². The number of para-hydroxylation sites is 2. The highest BCUT2D eigenvalue weighted by molar-refractivity contribution is 7.98. The Balaban J connectivity index is 1.40. The average Bonchev–Trinajstić information content (AvgIpc) is 3.38. The number of hydrogen-bond acceptors (Lipinski definition) is 8. The fourth-order valence-electron chi connectivity index (χ4n) is 3.68. The number of nitrogens with zero attached hydrogens (tertiary/aromatic N) is 3. The van der Waals surface area contributed by atoms with Crippen molar-refractivity contribution in [1.29, 1.82) is 0 Å². The van der Waals surface area contributed by atoms with Gasteiger partial charge in [-0.15, -0.1) is 21.5 Å². The van der Waals surface area contributed by atoms with E-state index in [0.717, 1.165) is 0 Å². The lowest BCUT2D eigenvalue weighted by Gasteiger charge is -2.25. The molecule has 0 saturated carbocycles. The third kappa shape index (κ3) is 4.04. The second-order valence-corrected chi connectivity index (χ2v) is 9.29. The number of carbonyl (C=O) groups excluding carboxylic acids is 1. The van der Waals surface area contributed by atoms with Gasteiger partial charge < -0.3 is 18.8 Å². The molecule has 3 heterocycles. The Morgan fingerprint density at radius 3 is 2.88 bits per heavy atom. The molecule has 33 heavy (non-hydrogen) atoms. The Morgan fingerprint density at radius 2 is 2.06 bits per heavy atom. The van der Waals surface area contributed by atoms with Gasteiger partial charge in [0.05, 0.1) is 6.61 Å². The normalized spacial score (nSPS) is 15.1. The van der Waals surface area contributed by atoms with E-state index >= 15 is 0 Å². The monoisotopic (exact) mass is 485 g/mol. The van der Waals surface area contributed by atoms with Crippen molar-refractivity contribution in [3.05, 3.63) is 64.5 Å². The minimum absolute atomic E-state index is 0.251. The molecule has 1 aliphatic heterocycles. The largest absolute Gasteiger partial charge is 0.485 e. The van der Waals surface area contributed by atoms with Gasteiger partial charge >= 0.3 is 5.97 Å². The van der Waals surface area contributed by atoms with Crippen molar-refractivity contribution in [2.75, 3.05) is 13.2 Å². The summed E-state index contributed by atoms with van der Waals surface area (Å²) < 4.78 is 34.3. The van der Waals surface area contributed by atoms with Crippen molar-refractivity contribution in [2.45, 2.75) is 23.9 Å². The molecule has 2 aromatic heterocycles. The Kier molecular flexibility index (Phi) is 5.94. The third-order valence-electron chi connectivity index (χ3n) is 5.23. The second kappa shape index (κ2) is 9.03. The average molecular weight is 486 g/mol. The summed E-state index contributed by atoms with van der Waals surface area (Å²) in [5.41, 5.74) is 0.604. The molecule has 0 bridgehead atoms. The highest BCUT2D eigenvalue weighted by Crippen LogP contribution is 2.39. The van der Waals surface area contributed by atoms with E-state index in [2.05, 4.69) is 10.2 Å². The van der Waals surface area contributed by atoms with Gasteiger partial charge in [-0.25, -0.2) is 9.18 Å². The number of hydrogen-bond donors (Lipinski definition) is 0. The molecule has 0 N–H and O–H groups in total. The first-order chi connectivity index (χ1) is 16.1. The number of ether oxygens (including phenoxy) is 3. The maximum atomic E-state index is 14.7. The van der Waals surface area contributed by atoms with Gasteiger partial charge in [0.2, 0.25) is 0 Å². The zero-order valence-electron chi connectivity index (χ0n) is 17.9. The molecule has 2 aromatic carbocycles. The number of aromatic nitrogens is 3. The van der Waals surface area contributed by atoms with Crippen LogP contribution in [0.2, 0.25) is 0 Å². The molecule has 0 amide bonds. The Hall–Kier alpha value is -3.11. The maximum absolute atomic E-state index is 14.7. The summed E-state index contributed by atoms with van der Waals surface area (Å²) in [5, 5.41) is 9.67. The van der Waals surface area contributed by atoms with Gasteiger partial charge in [0.25, 0.3) is 0 Å². The molecule has 0 aliphatic carbocycles. The van der Waals surface area contributed by atoms with Crippen molar-refractivity contribution in [3.63, 3.8) is 0 Å². The zero-order chi connectivity index (χ0) is 22.9. The Bertz CT molecular complexity index is 1340. The first kappa shape index (κ1) is 21.7. The summed E-state index contributed by atoms with van der Waals surface area (Å²) in [6.45, 7) is 2.32. The number of benzene rings is 2. The Morgan fingerprint density at radius 1 is 1.24 bits per heavy atom. The van der Waals surface area contributed by atoms with Crippen LogP contribution in [0.25, 0.3) is 10.1 Å². The molecule has 0 saturated heterocycles. The van der Waals surface area contributed by atoms with Crippen molar-refractivity contribution in [1.82, 2.24) is 14.8 Å². The number of fused-ring (bicyclic) bond motifs is 2. The third-order valence-corrected chi connectivity index (χ3v) is 7.46. The van der Waals surface area contributed by atoms with Gasteiger partial charge in [-0.2, -0.15) is 0 Å². The van der Waals surface area contributed by atoms with E-state index in [4.69, 9.17) is 14.2 Å². The quantitative estimate of drug-likeness (QED) is 0.276. The Labute approximate surface area is 197 Å². The molecule has 4 aromatic rings. The number of esters is 1. The van der Waals surface area contributed by atoms with E-state index in [1.165, 1.54) is 29.2 Å². The molecule has 170 valence electrons. The SMILES string of the molecule is CCOC(=O)c1sc2cccc(F)c2c1CSc1nnc(C2COc3ccccc3O2)n1C. The number of carbonyl (C=O) groups is 1. The minimum Gasteiger partial charge on any atom is -0.485 e. The first-order valence-corrected chi connectivity index (χ1v) is 12.1. The van der Waals surface area contributed by atoms with Crippen molar-refractivity contribution < 1.29 is 23.4 Å². The molecule has 0 radical (unpaired) electrons. The summed E-state index contributed by atoms with van der Waals surface area (Å²) in [7, 11) is 1.85. The van der Waals surface area contributed by atoms with E-state index in [1.54, 1.807) is 19.1 Å². The predicted octanol–water partition coefficient (Wildman–Crippen LogP) is 5.15.